The highest BCUT2D eigenvalue weighted by molar-refractivity contribution is 5.71. The molecule has 8 heteroatoms. The first-order valence-corrected chi connectivity index (χ1v) is 7.87. The molecule has 0 saturated heterocycles. The molecule has 1 saturated carbocycles. The Kier molecular flexibility index (Phi) is 3.85. The number of pyridine rings is 1. The average Bonchev–Trinajstić information content (AvgIpc) is 2.65. The van der Waals surface area contributed by atoms with E-state index in [1.807, 2.05) is 0 Å². The minimum absolute atomic E-state index is 0.0487. The smallest absolute Gasteiger partial charge is 0.407 e. The van der Waals surface area contributed by atoms with Gasteiger partial charge in [-0.15, -0.1) is 0 Å². The molecule has 7 nitrogen and oxygen atoms in total. The Morgan fingerprint density at radius 2 is 2.08 bits per heavy atom. The standard InChI is InChI=1S/C16H21FN4O3/c1-16(2,3)24-14(22)19-10-6-11(7-10)21-13-12(20(4)15(21)23)5-9(17)8-18-13/h5,8,10-11H,6-7H2,1-4H3,(H,19,22)/t10-,11-. The minimum Gasteiger partial charge on any atom is -0.444 e. The summed E-state index contributed by atoms with van der Waals surface area (Å²) in [6.07, 6.45) is 1.86. The van der Waals surface area contributed by atoms with E-state index < -0.39 is 17.5 Å². The molecule has 1 N–H and O–H groups in total. The highest BCUT2D eigenvalue weighted by Gasteiger charge is 2.35. The molecule has 0 bridgehead atoms. The van der Waals surface area contributed by atoms with Crippen molar-refractivity contribution in [2.24, 2.45) is 7.05 Å². The van der Waals surface area contributed by atoms with Gasteiger partial charge in [0.05, 0.1) is 11.7 Å². The van der Waals surface area contributed by atoms with E-state index in [1.165, 1.54) is 10.6 Å². The maximum Gasteiger partial charge on any atom is 0.407 e. The van der Waals surface area contributed by atoms with Crippen LogP contribution in [0.15, 0.2) is 17.1 Å². The summed E-state index contributed by atoms with van der Waals surface area (Å²) in [6, 6.07) is 1.18. The van der Waals surface area contributed by atoms with Crippen molar-refractivity contribution in [2.75, 3.05) is 0 Å². The van der Waals surface area contributed by atoms with Crippen LogP contribution in [0.25, 0.3) is 11.2 Å². The Morgan fingerprint density at radius 3 is 2.71 bits per heavy atom. The molecule has 0 unspecified atom stereocenters. The van der Waals surface area contributed by atoms with Crippen LogP contribution in [-0.4, -0.2) is 31.9 Å². The molecule has 0 aliphatic heterocycles. The fourth-order valence-electron chi connectivity index (χ4n) is 2.93. The van der Waals surface area contributed by atoms with Crippen molar-refractivity contribution >= 4 is 17.3 Å². The first-order valence-electron chi connectivity index (χ1n) is 7.87. The number of hydrogen-bond acceptors (Lipinski definition) is 4. The third kappa shape index (κ3) is 3.00. The van der Waals surface area contributed by atoms with Crippen molar-refractivity contribution in [3.05, 3.63) is 28.6 Å². The molecule has 0 aromatic carbocycles. The molecule has 2 aromatic rings. The number of aryl methyl sites for hydroxylation is 1. The number of imidazole rings is 1. The lowest BCUT2D eigenvalue weighted by atomic mass is 9.86. The lowest BCUT2D eigenvalue weighted by molar-refractivity contribution is 0.0456. The van der Waals surface area contributed by atoms with E-state index in [2.05, 4.69) is 10.3 Å². The van der Waals surface area contributed by atoms with Crippen LogP contribution in [-0.2, 0) is 11.8 Å². The summed E-state index contributed by atoms with van der Waals surface area (Å²) in [5.74, 6) is -0.478. The Labute approximate surface area is 138 Å². The summed E-state index contributed by atoms with van der Waals surface area (Å²) in [5, 5.41) is 2.79. The Bertz CT molecular complexity index is 843. The molecule has 130 valence electrons. The van der Waals surface area contributed by atoms with Crippen LogP contribution >= 0.6 is 0 Å². The number of nitrogens with one attached hydrogen (secondary N) is 1. The molecule has 3 rings (SSSR count). The fraction of sp³-hybridized carbons (Fsp3) is 0.562. The third-order valence-electron chi connectivity index (χ3n) is 4.10. The molecule has 1 fully saturated rings. The largest absolute Gasteiger partial charge is 0.444 e. The average molecular weight is 336 g/mol. The fourth-order valence-corrected chi connectivity index (χ4v) is 2.93. The van der Waals surface area contributed by atoms with Gasteiger partial charge in [-0.2, -0.15) is 0 Å². The number of carbonyl (C=O) groups excluding carboxylic acids is 1. The number of amides is 1. The zero-order chi connectivity index (χ0) is 17.6. The van der Waals surface area contributed by atoms with Crippen molar-refractivity contribution in [1.82, 2.24) is 19.4 Å². The Balaban J connectivity index is 1.73. The van der Waals surface area contributed by atoms with Gasteiger partial charge < -0.3 is 10.1 Å². The molecule has 1 aliphatic rings. The van der Waals surface area contributed by atoms with Gasteiger partial charge in [0.25, 0.3) is 0 Å². The summed E-state index contributed by atoms with van der Waals surface area (Å²) in [7, 11) is 1.59. The normalized spacial score (nSPS) is 20.7. The van der Waals surface area contributed by atoms with E-state index in [-0.39, 0.29) is 17.8 Å². The van der Waals surface area contributed by atoms with Gasteiger partial charge >= 0.3 is 11.8 Å². The van der Waals surface area contributed by atoms with E-state index in [9.17, 15) is 14.0 Å². The highest BCUT2D eigenvalue weighted by Crippen LogP contribution is 2.33. The van der Waals surface area contributed by atoms with Crippen LogP contribution in [0.5, 0.6) is 0 Å². The van der Waals surface area contributed by atoms with E-state index in [1.54, 1.807) is 32.4 Å². The summed E-state index contributed by atoms with van der Waals surface area (Å²) < 4.78 is 21.5. The quantitative estimate of drug-likeness (QED) is 0.911. The first kappa shape index (κ1) is 16.5. The van der Waals surface area contributed by atoms with Crippen LogP contribution in [0, 0.1) is 5.82 Å². The molecule has 1 amide bonds. The Hall–Kier alpha value is -2.38. The summed E-state index contributed by atoms with van der Waals surface area (Å²) >= 11 is 0. The lowest BCUT2D eigenvalue weighted by Gasteiger charge is -2.36. The van der Waals surface area contributed by atoms with Crippen molar-refractivity contribution < 1.29 is 13.9 Å². The van der Waals surface area contributed by atoms with Gasteiger partial charge in [-0.3, -0.25) is 9.13 Å². The molecule has 2 aromatic heterocycles. The number of carbonyl (C=O) groups is 1. The van der Waals surface area contributed by atoms with E-state index in [0.717, 1.165) is 6.20 Å². The second-order valence-electron chi connectivity index (χ2n) is 7.18. The molecule has 24 heavy (non-hydrogen) atoms. The van der Waals surface area contributed by atoms with Crippen LogP contribution < -0.4 is 11.0 Å². The highest BCUT2D eigenvalue weighted by atomic mass is 19.1. The zero-order valence-corrected chi connectivity index (χ0v) is 14.2. The van der Waals surface area contributed by atoms with Gasteiger partial charge in [0.2, 0.25) is 0 Å². The van der Waals surface area contributed by atoms with Gasteiger partial charge in [-0.25, -0.2) is 19.0 Å². The second kappa shape index (κ2) is 5.61. The van der Waals surface area contributed by atoms with Crippen molar-refractivity contribution in [1.29, 1.82) is 0 Å². The summed E-state index contributed by atoms with van der Waals surface area (Å²) in [5.41, 5.74) is 0.144. The van der Waals surface area contributed by atoms with Gasteiger partial charge in [-0.1, -0.05) is 0 Å². The molecule has 1 aliphatic carbocycles. The number of aromatic nitrogens is 3. The predicted molar refractivity (Wildman–Crippen MR) is 86.4 cm³/mol. The topological polar surface area (TPSA) is 78.2 Å². The van der Waals surface area contributed by atoms with Crippen LogP contribution in [0.3, 0.4) is 0 Å². The van der Waals surface area contributed by atoms with Gasteiger partial charge in [0.1, 0.15) is 11.4 Å². The van der Waals surface area contributed by atoms with E-state index >= 15 is 0 Å². The number of alkyl carbamates (subject to hydrolysis) is 1. The van der Waals surface area contributed by atoms with Crippen LogP contribution in [0.2, 0.25) is 0 Å². The van der Waals surface area contributed by atoms with Crippen LogP contribution in [0.1, 0.15) is 39.7 Å². The molecule has 0 atom stereocenters. The number of hydrogen-bond donors (Lipinski definition) is 1. The number of ether oxygens (including phenoxy) is 1. The minimum atomic E-state index is -0.548. The van der Waals surface area contributed by atoms with Crippen molar-refractivity contribution in [3.63, 3.8) is 0 Å². The maximum absolute atomic E-state index is 13.3. The molecule has 0 spiro atoms. The number of nitrogens with zero attached hydrogens (tertiary/aromatic N) is 3. The third-order valence-corrected chi connectivity index (χ3v) is 4.10. The molecule has 2 heterocycles. The zero-order valence-electron chi connectivity index (χ0n) is 14.2. The second-order valence-corrected chi connectivity index (χ2v) is 7.18. The van der Waals surface area contributed by atoms with Crippen molar-refractivity contribution in [2.45, 2.75) is 51.3 Å². The van der Waals surface area contributed by atoms with Gasteiger partial charge in [-0.05, 0) is 33.6 Å². The lowest BCUT2D eigenvalue weighted by Crippen LogP contribution is -2.48. The van der Waals surface area contributed by atoms with E-state index in [4.69, 9.17) is 4.74 Å². The molecular weight excluding hydrogens is 315 g/mol. The van der Waals surface area contributed by atoms with Gasteiger partial charge in [0, 0.05) is 25.2 Å². The number of rotatable bonds is 2. The predicted octanol–water partition coefficient (Wildman–Crippen LogP) is 2.10. The maximum atomic E-state index is 13.3. The number of halogens is 1. The SMILES string of the molecule is Cn1c(=O)n([C@H]2C[C@H](NC(=O)OC(C)(C)C)C2)c2ncc(F)cc21. The first-order chi connectivity index (χ1) is 11.2. The number of fused-ring (bicyclic) bond motifs is 1. The van der Waals surface area contributed by atoms with Gasteiger partial charge in [0.15, 0.2) is 5.65 Å². The van der Waals surface area contributed by atoms with Crippen molar-refractivity contribution in [3.8, 4) is 0 Å². The molecule has 0 radical (unpaired) electrons. The Morgan fingerprint density at radius 1 is 1.42 bits per heavy atom. The monoisotopic (exact) mass is 336 g/mol. The van der Waals surface area contributed by atoms with E-state index in [0.29, 0.717) is 24.0 Å². The van der Waals surface area contributed by atoms with Crippen LogP contribution in [0.4, 0.5) is 9.18 Å². The summed E-state index contributed by atoms with van der Waals surface area (Å²) in [6.45, 7) is 5.41. The summed E-state index contributed by atoms with van der Waals surface area (Å²) in [4.78, 5) is 28.2. The molecular formula is C16H21FN4O3.